The molecule has 0 saturated carbocycles. The van der Waals surface area contributed by atoms with E-state index in [0.29, 0.717) is 35.7 Å². The van der Waals surface area contributed by atoms with E-state index in [1.807, 2.05) is 32.0 Å². The number of hydrogen-bond acceptors (Lipinski definition) is 4. The smallest absolute Gasteiger partial charge is 0.253 e. The molecule has 0 saturated heterocycles. The van der Waals surface area contributed by atoms with Crippen molar-refractivity contribution in [3.8, 4) is 0 Å². The van der Waals surface area contributed by atoms with E-state index < -0.39 is 28.7 Å². The van der Waals surface area contributed by atoms with E-state index >= 15 is 0 Å². The van der Waals surface area contributed by atoms with Crippen LogP contribution in [0, 0.1) is 15.2 Å². The molecular formula is C31H38F2IN3O3S. The molecule has 0 aromatic heterocycles. The van der Waals surface area contributed by atoms with Gasteiger partial charge in [0.25, 0.3) is 5.91 Å². The van der Waals surface area contributed by atoms with Crippen LogP contribution in [0.2, 0.25) is 0 Å². The molecule has 1 amide bonds. The van der Waals surface area contributed by atoms with Crippen molar-refractivity contribution >= 4 is 39.5 Å². The Morgan fingerprint density at radius 1 is 0.951 bits per heavy atom. The molecule has 6 nitrogen and oxygen atoms in total. The van der Waals surface area contributed by atoms with Gasteiger partial charge in [-0.1, -0.05) is 32.0 Å². The van der Waals surface area contributed by atoms with Crippen LogP contribution >= 0.6 is 22.6 Å². The molecule has 2 N–H and O–H groups in total. The second-order valence-electron chi connectivity index (χ2n) is 9.90. The Kier molecular flexibility index (Phi) is 13.8. The first-order valence-electron chi connectivity index (χ1n) is 13.8. The van der Waals surface area contributed by atoms with Crippen LogP contribution in [0.25, 0.3) is 0 Å². The first kappa shape index (κ1) is 33.3. The number of aliphatic hydroxyl groups is 1. The van der Waals surface area contributed by atoms with Gasteiger partial charge >= 0.3 is 0 Å². The summed E-state index contributed by atoms with van der Waals surface area (Å²) < 4.78 is 44.1. The van der Waals surface area contributed by atoms with Gasteiger partial charge in [-0.25, -0.2) is 17.3 Å². The average Bonchev–Trinajstić information content (AvgIpc) is 2.94. The Morgan fingerprint density at radius 2 is 1.63 bits per heavy atom. The summed E-state index contributed by atoms with van der Waals surface area (Å²) in [6, 6.07) is 18.1. The first-order valence-corrected chi connectivity index (χ1v) is 16.0. The van der Waals surface area contributed by atoms with Gasteiger partial charge in [0.15, 0.2) is 0 Å². The fourth-order valence-electron chi connectivity index (χ4n) is 4.50. The highest BCUT2D eigenvalue weighted by molar-refractivity contribution is 14.1. The van der Waals surface area contributed by atoms with Crippen LogP contribution in [-0.2, 0) is 24.0 Å². The highest BCUT2D eigenvalue weighted by atomic mass is 127. The monoisotopic (exact) mass is 697 g/mol. The minimum absolute atomic E-state index is 0.0553. The van der Waals surface area contributed by atoms with Gasteiger partial charge in [0.05, 0.1) is 11.0 Å². The number of nitrogens with one attached hydrogen (secondary N) is 1. The number of nitrogens with zero attached hydrogens (tertiary/aromatic N) is 2. The highest BCUT2D eigenvalue weighted by Crippen LogP contribution is 2.18. The summed E-state index contributed by atoms with van der Waals surface area (Å²) in [7, 11) is -1.73. The maximum Gasteiger partial charge on any atom is 0.253 e. The van der Waals surface area contributed by atoms with E-state index in [4.69, 9.17) is 0 Å². The Hall–Kier alpha value is -2.25. The van der Waals surface area contributed by atoms with E-state index in [1.54, 1.807) is 33.5 Å². The Bertz CT molecular complexity index is 1290. The zero-order valence-corrected chi connectivity index (χ0v) is 26.5. The average molecular weight is 698 g/mol. The Labute approximate surface area is 257 Å². The second-order valence-corrected chi connectivity index (χ2v) is 12.6. The lowest BCUT2D eigenvalue weighted by Gasteiger charge is -2.25. The molecule has 0 radical (unpaired) electrons. The van der Waals surface area contributed by atoms with Crippen molar-refractivity contribution in [1.29, 1.82) is 0 Å². The molecule has 10 heteroatoms. The molecule has 3 aromatic carbocycles. The molecule has 2 atom stereocenters. The lowest BCUT2D eigenvalue weighted by molar-refractivity contribution is 0.0755. The zero-order valence-electron chi connectivity index (χ0n) is 23.5. The van der Waals surface area contributed by atoms with Gasteiger partial charge in [0.1, 0.15) is 22.6 Å². The van der Waals surface area contributed by atoms with E-state index in [-0.39, 0.29) is 32.0 Å². The standard InChI is InChI=1S/C31H38F2IN3O3S/c1-3-12-36(13-4-2)31(39)25-8-6-10-30(18-25)41(40)37(14-11-23-15-26(32)19-27(33)16-23)22-29(38)21-35-20-24-7-5-9-28(34)17-24/h5-10,15-19,29,35,38H,3-4,11-14,20-22H2,1-2H3/t29-,41?/m1/s1. The number of halogens is 3. The summed E-state index contributed by atoms with van der Waals surface area (Å²) in [4.78, 5) is 15.4. The minimum Gasteiger partial charge on any atom is -0.390 e. The quantitative estimate of drug-likeness (QED) is 0.193. The van der Waals surface area contributed by atoms with E-state index in [9.17, 15) is 22.9 Å². The third-order valence-electron chi connectivity index (χ3n) is 6.38. The summed E-state index contributed by atoms with van der Waals surface area (Å²) in [6.45, 7) is 6.37. The van der Waals surface area contributed by atoms with Crippen molar-refractivity contribution < 1.29 is 22.9 Å². The van der Waals surface area contributed by atoms with Crippen LogP contribution in [0.1, 0.15) is 48.2 Å². The predicted molar refractivity (Wildman–Crippen MR) is 168 cm³/mol. The van der Waals surface area contributed by atoms with Crippen LogP contribution in [0.3, 0.4) is 0 Å². The van der Waals surface area contributed by atoms with Crippen molar-refractivity contribution in [3.05, 3.63) is 98.6 Å². The number of hydrogen-bond donors (Lipinski definition) is 2. The van der Waals surface area contributed by atoms with Crippen LogP contribution in [0.15, 0.2) is 71.6 Å². The minimum atomic E-state index is -1.73. The number of amides is 1. The van der Waals surface area contributed by atoms with Crippen LogP contribution in [0.4, 0.5) is 8.78 Å². The Morgan fingerprint density at radius 3 is 2.29 bits per heavy atom. The summed E-state index contributed by atoms with van der Waals surface area (Å²) in [6.07, 6.45) is 1.03. The molecule has 0 heterocycles. The zero-order chi connectivity index (χ0) is 29.8. The molecule has 0 aliphatic rings. The molecular weight excluding hydrogens is 659 g/mol. The maximum absolute atomic E-state index is 13.8. The van der Waals surface area contributed by atoms with Gasteiger partial charge in [-0.2, -0.15) is 0 Å². The highest BCUT2D eigenvalue weighted by Gasteiger charge is 2.22. The van der Waals surface area contributed by atoms with Crippen molar-refractivity contribution in [1.82, 2.24) is 14.5 Å². The summed E-state index contributed by atoms with van der Waals surface area (Å²) >= 11 is 2.25. The van der Waals surface area contributed by atoms with Gasteiger partial charge < -0.3 is 15.3 Å². The normalized spacial score (nSPS) is 12.9. The lowest BCUT2D eigenvalue weighted by Crippen LogP contribution is -2.40. The fraction of sp³-hybridized carbons (Fsp3) is 0.387. The first-order chi connectivity index (χ1) is 19.7. The van der Waals surface area contributed by atoms with Gasteiger partial charge in [0.2, 0.25) is 0 Å². The fourth-order valence-corrected chi connectivity index (χ4v) is 6.40. The molecule has 0 bridgehead atoms. The largest absolute Gasteiger partial charge is 0.390 e. The molecule has 0 fully saturated rings. The number of benzene rings is 3. The molecule has 3 aromatic rings. The maximum atomic E-state index is 13.8. The molecule has 0 spiro atoms. The van der Waals surface area contributed by atoms with Crippen molar-refractivity contribution in [2.75, 3.05) is 32.7 Å². The third-order valence-corrected chi connectivity index (χ3v) is 8.50. The number of carbonyl (C=O) groups is 1. The molecule has 41 heavy (non-hydrogen) atoms. The summed E-state index contributed by atoms with van der Waals surface area (Å²) in [5.74, 6) is -1.47. The van der Waals surface area contributed by atoms with Gasteiger partial charge in [-0.3, -0.25) is 4.79 Å². The van der Waals surface area contributed by atoms with Crippen LogP contribution < -0.4 is 5.32 Å². The van der Waals surface area contributed by atoms with Gasteiger partial charge in [-0.05, 0) is 95.4 Å². The lowest BCUT2D eigenvalue weighted by atomic mass is 10.1. The topological polar surface area (TPSA) is 72.9 Å². The molecule has 0 aliphatic heterocycles. The van der Waals surface area contributed by atoms with Crippen molar-refractivity contribution in [3.63, 3.8) is 0 Å². The van der Waals surface area contributed by atoms with E-state index in [2.05, 4.69) is 34.0 Å². The van der Waals surface area contributed by atoms with Crippen LogP contribution in [-0.4, -0.2) is 63.3 Å². The Balaban J connectivity index is 1.75. The van der Waals surface area contributed by atoms with Crippen LogP contribution in [0.5, 0.6) is 0 Å². The number of carbonyl (C=O) groups excluding carboxylic acids is 1. The van der Waals surface area contributed by atoms with Gasteiger partial charge in [-0.15, -0.1) is 0 Å². The number of aliphatic hydroxyl groups excluding tert-OH is 1. The van der Waals surface area contributed by atoms with Gasteiger partial charge in [0, 0.05) is 54.5 Å². The predicted octanol–water partition coefficient (Wildman–Crippen LogP) is 5.55. The SMILES string of the molecule is CCCN(CCC)C(=O)c1cccc(S(=O)N(CCc2cc(F)cc(F)c2)C[C@H](O)CNCc2cccc(I)c2)c1. The third kappa shape index (κ3) is 10.8. The molecule has 222 valence electrons. The van der Waals surface area contributed by atoms with E-state index in [1.165, 1.54) is 12.1 Å². The van der Waals surface area contributed by atoms with E-state index in [0.717, 1.165) is 28.0 Å². The summed E-state index contributed by atoms with van der Waals surface area (Å²) in [5, 5.41) is 14.1. The number of rotatable bonds is 16. The van der Waals surface area contributed by atoms with Crippen molar-refractivity contribution in [2.45, 2.75) is 50.7 Å². The molecule has 1 unspecified atom stereocenters. The second kappa shape index (κ2) is 17.0. The summed E-state index contributed by atoms with van der Waals surface area (Å²) in [5.41, 5.74) is 1.96. The molecule has 3 rings (SSSR count). The molecule has 0 aliphatic carbocycles. The van der Waals surface area contributed by atoms with Crippen molar-refractivity contribution in [2.24, 2.45) is 0 Å².